The molecule has 0 amide bonds. The van der Waals surface area contributed by atoms with Gasteiger partial charge in [-0.1, -0.05) is 60.7 Å². The van der Waals surface area contributed by atoms with Gasteiger partial charge in [-0.2, -0.15) is 0 Å². The minimum Gasteiger partial charge on any atom is -0.310 e. The molecule has 0 radical (unpaired) electrons. The molecule has 1 N–H and O–H groups in total. The normalized spacial score (nSPS) is 20.3. The lowest BCUT2D eigenvalue weighted by molar-refractivity contribution is 0.0970. The van der Waals surface area contributed by atoms with Gasteiger partial charge in [-0.3, -0.25) is 9.59 Å². The quantitative estimate of drug-likeness (QED) is 0.829. The molecule has 0 unspecified atom stereocenters. The van der Waals surface area contributed by atoms with Crippen LogP contribution in [-0.4, -0.2) is 23.7 Å². The summed E-state index contributed by atoms with van der Waals surface area (Å²) >= 11 is 0. The molecule has 3 rings (SSSR count). The first-order valence-corrected chi connectivity index (χ1v) is 8.15. The van der Waals surface area contributed by atoms with Gasteiger partial charge in [0.2, 0.25) is 0 Å². The van der Waals surface area contributed by atoms with Crippen LogP contribution in [0.25, 0.3) is 0 Å². The summed E-state index contributed by atoms with van der Waals surface area (Å²) in [6.07, 6.45) is 2.90. The Morgan fingerprint density at radius 3 is 1.52 bits per heavy atom. The molecule has 1 fully saturated rings. The third-order valence-electron chi connectivity index (χ3n) is 4.39. The van der Waals surface area contributed by atoms with Crippen LogP contribution in [-0.2, 0) is 0 Å². The molecule has 1 aliphatic rings. The molecule has 23 heavy (non-hydrogen) atoms. The van der Waals surface area contributed by atoms with Gasteiger partial charge in [0.25, 0.3) is 0 Å². The van der Waals surface area contributed by atoms with Crippen molar-refractivity contribution in [3.8, 4) is 0 Å². The fourth-order valence-electron chi connectivity index (χ4n) is 3.16. The van der Waals surface area contributed by atoms with Crippen LogP contribution in [0.5, 0.6) is 0 Å². The summed E-state index contributed by atoms with van der Waals surface area (Å²) in [5.41, 5.74) is 1.52. The molecule has 1 saturated heterocycles. The third-order valence-corrected chi connectivity index (χ3v) is 4.39. The third kappa shape index (κ3) is 4.14. The predicted octanol–water partition coefficient (Wildman–Crippen LogP) is 3.65. The summed E-state index contributed by atoms with van der Waals surface area (Å²) in [5.74, 6) is 0.330. The number of hydrogen-bond donors (Lipinski definition) is 1. The largest absolute Gasteiger partial charge is 0.310 e. The standard InChI is InChI=1S/C20H21NO2/c22-19(15-7-3-1-4-8-15)13-17-11-12-18(21-17)14-20(23)16-9-5-2-6-10-16/h1-10,17-18,21H,11-14H2/t17-,18+. The highest BCUT2D eigenvalue weighted by Crippen LogP contribution is 2.20. The Morgan fingerprint density at radius 2 is 1.13 bits per heavy atom. The maximum atomic E-state index is 12.2. The maximum absolute atomic E-state index is 12.2. The van der Waals surface area contributed by atoms with E-state index in [-0.39, 0.29) is 23.7 Å². The lowest BCUT2D eigenvalue weighted by atomic mass is 10.0. The lowest BCUT2D eigenvalue weighted by Gasteiger charge is -2.13. The molecule has 0 aromatic heterocycles. The Labute approximate surface area is 136 Å². The number of hydrogen-bond acceptors (Lipinski definition) is 3. The highest BCUT2D eigenvalue weighted by molar-refractivity contribution is 5.97. The summed E-state index contributed by atoms with van der Waals surface area (Å²) < 4.78 is 0. The number of rotatable bonds is 6. The first-order valence-electron chi connectivity index (χ1n) is 8.15. The van der Waals surface area contributed by atoms with Gasteiger partial charge >= 0.3 is 0 Å². The van der Waals surface area contributed by atoms with Crippen LogP contribution in [0.15, 0.2) is 60.7 Å². The SMILES string of the molecule is O=C(C[C@H]1CC[C@@H](CC(=O)c2ccccc2)N1)c1ccccc1. The summed E-state index contributed by atoms with van der Waals surface area (Å²) in [5, 5.41) is 3.45. The fraction of sp³-hybridized carbons (Fsp3) is 0.300. The molecule has 2 aromatic carbocycles. The van der Waals surface area contributed by atoms with E-state index in [0.717, 1.165) is 24.0 Å². The van der Waals surface area contributed by atoms with E-state index in [4.69, 9.17) is 0 Å². The highest BCUT2D eigenvalue weighted by Gasteiger charge is 2.27. The molecule has 0 spiro atoms. The van der Waals surface area contributed by atoms with E-state index >= 15 is 0 Å². The minimum absolute atomic E-state index is 0.165. The number of ketones is 2. The van der Waals surface area contributed by atoms with Gasteiger partial charge in [0, 0.05) is 36.1 Å². The Hall–Kier alpha value is -2.26. The molecule has 0 aliphatic carbocycles. The van der Waals surface area contributed by atoms with Gasteiger partial charge in [-0.25, -0.2) is 0 Å². The van der Waals surface area contributed by atoms with Crippen molar-refractivity contribution in [3.05, 3.63) is 71.8 Å². The second kappa shape index (κ2) is 7.34. The predicted molar refractivity (Wildman–Crippen MR) is 90.7 cm³/mol. The molecule has 118 valence electrons. The molecule has 2 aromatic rings. The Bertz CT molecular complexity index is 607. The minimum atomic E-state index is 0.165. The van der Waals surface area contributed by atoms with Crippen molar-refractivity contribution in [2.24, 2.45) is 0 Å². The molecule has 0 saturated carbocycles. The number of nitrogens with one attached hydrogen (secondary N) is 1. The first kappa shape index (κ1) is 15.6. The second-order valence-electron chi connectivity index (χ2n) is 6.12. The van der Waals surface area contributed by atoms with Gasteiger partial charge in [-0.15, -0.1) is 0 Å². The van der Waals surface area contributed by atoms with Gasteiger partial charge in [0.05, 0.1) is 0 Å². The number of carbonyl (C=O) groups is 2. The average Bonchev–Trinajstić information content (AvgIpc) is 3.03. The van der Waals surface area contributed by atoms with E-state index in [1.54, 1.807) is 0 Å². The van der Waals surface area contributed by atoms with E-state index in [1.165, 1.54) is 0 Å². The van der Waals surface area contributed by atoms with Gasteiger partial charge in [0.15, 0.2) is 11.6 Å². The second-order valence-corrected chi connectivity index (χ2v) is 6.12. The average molecular weight is 307 g/mol. The molecule has 0 bridgehead atoms. The van der Waals surface area contributed by atoms with E-state index in [2.05, 4.69) is 5.32 Å². The van der Waals surface area contributed by atoms with Crippen molar-refractivity contribution in [2.75, 3.05) is 0 Å². The summed E-state index contributed by atoms with van der Waals surface area (Å²) in [7, 11) is 0. The van der Waals surface area contributed by atoms with E-state index < -0.39 is 0 Å². The van der Waals surface area contributed by atoms with Crippen LogP contribution in [0.2, 0.25) is 0 Å². The Morgan fingerprint density at radius 1 is 0.739 bits per heavy atom. The number of carbonyl (C=O) groups excluding carboxylic acids is 2. The molecule has 3 nitrogen and oxygen atoms in total. The monoisotopic (exact) mass is 307 g/mol. The molecular formula is C20H21NO2. The summed E-state index contributed by atoms with van der Waals surface area (Å²) in [6.45, 7) is 0. The van der Waals surface area contributed by atoms with Crippen molar-refractivity contribution in [3.63, 3.8) is 0 Å². The van der Waals surface area contributed by atoms with Crippen molar-refractivity contribution >= 4 is 11.6 Å². The van der Waals surface area contributed by atoms with E-state index in [9.17, 15) is 9.59 Å². The molecule has 1 heterocycles. The molecule has 1 aliphatic heterocycles. The van der Waals surface area contributed by atoms with Gasteiger partial charge < -0.3 is 5.32 Å². The molecular weight excluding hydrogens is 286 g/mol. The van der Waals surface area contributed by atoms with Crippen LogP contribution < -0.4 is 5.32 Å². The van der Waals surface area contributed by atoms with Crippen LogP contribution in [0.1, 0.15) is 46.4 Å². The summed E-state index contributed by atoms with van der Waals surface area (Å²) in [6, 6.07) is 19.1. The topological polar surface area (TPSA) is 46.2 Å². The first-order chi connectivity index (χ1) is 11.2. The zero-order valence-electron chi connectivity index (χ0n) is 13.1. The van der Waals surface area contributed by atoms with Crippen molar-refractivity contribution in [2.45, 2.75) is 37.8 Å². The van der Waals surface area contributed by atoms with Crippen molar-refractivity contribution < 1.29 is 9.59 Å². The lowest BCUT2D eigenvalue weighted by Crippen LogP contribution is -2.32. The maximum Gasteiger partial charge on any atom is 0.164 e. The van der Waals surface area contributed by atoms with Crippen molar-refractivity contribution in [1.82, 2.24) is 5.32 Å². The zero-order chi connectivity index (χ0) is 16.1. The van der Waals surface area contributed by atoms with Crippen LogP contribution in [0, 0.1) is 0 Å². The Kier molecular flexibility index (Phi) is 4.99. The highest BCUT2D eigenvalue weighted by atomic mass is 16.1. The van der Waals surface area contributed by atoms with Gasteiger partial charge in [-0.05, 0) is 12.8 Å². The van der Waals surface area contributed by atoms with E-state index in [0.29, 0.717) is 12.8 Å². The van der Waals surface area contributed by atoms with Crippen LogP contribution in [0.4, 0.5) is 0 Å². The number of benzene rings is 2. The van der Waals surface area contributed by atoms with Crippen molar-refractivity contribution in [1.29, 1.82) is 0 Å². The van der Waals surface area contributed by atoms with Crippen LogP contribution in [0.3, 0.4) is 0 Å². The smallest absolute Gasteiger partial charge is 0.164 e. The van der Waals surface area contributed by atoms with E-state index in [1.807, 2.05) is 60.7 Å². The molecule has 3 heteroatoms. The molecule has 2 atom stereocenters. The zero-order valence-corrected chi connectivity index (χ0v) is 13.1. The number of Topliss-reactive ketones (excluding diaryl/α,β-unsaturated/α-hetero) is 2. The fourth-order valence-corrected chi connectivity index (χ4v) is 3.16. The summed E-state index contributed by atoms with van der Waals surface area (Å²) in [4.78, 5) is 24.5. The van der Waals surface area contributed by atoms with Gasteiger partial charge in [0.1, 0.15) is 0 Å². The van der Waals surface area contributed by atoms with Crippen LogP contribution >= 0.6 is 0 Å². The Balaban J connectivity index is 1.51.